The van der Waals surface area contributed by atoms with E-state index >= 15 is 0 Å². The lowest BCUT2D eigenvalue weighted by atomic mass is 10.2. The summed E-state index contributed by atoms with van der Waals surface area (Å²) in [6.45, 7) is 1.63. The quantitative estimate of drug-likeness (QED) is 0.779. The van der Waals surface area contributed by atoms with E-state index < -0.39 is 17.9 Å². The normalized spacial score (nSPS) is 13.0. The van der Waals surface area contributed by atoms with Gasteiger partial charge in [-0.25, -0.2) is 4.98 Å². The molecule has 2 heterocycles. The number of aromatic nitrogens is 2. The number of amides is 1. The van der Waals surface area contributed by atoms with Crippen molar-refractivity contribution < 1.29 is 18.0 Å². The third-order valence-corrected chi connectivity index (χ3v) is 3.82. The maximum Gasteiger partial charge on any atom is 0.431 e. The van der Waals surface area contributed by atoms with Gasteiger partial charge in [0.25, 0.3) is 5.91 Å². The van der Waals surface area contributed by atoms with Crippen LogP contribution in [0.1, 0.15) is 23.0 Å². The number of halogens is 3. The fourth-order valence-corrected chi connectivity index (χ4v) is 2.72. The maximum absolute atomic E-state index is 13.3. The van der Waals surface area contributed by atoms with Crippen molar-refractivity contribution in [2.45, 2.75) is 25.7 Å². The molecule has 1 N–H and O–H groups in total. The van der Waals surface area contributed by atoms with Gasteiger partial charge in [-0.15, -0.1) is 0 Å². The Morgan fingerprint density at radius 2 is 1.92 bits per heavy atom. The standard InChI is InChI=1S/C18H16F3N3O/c1-12(23-17(25)13-6-3-2-4-7-13)11-24-15(18(19,20)21)10-14-8-5-9-22-16(14)24/h2-10,12H,11H2,1H3,(H,23,25)/t12-/m1/s1. The molecule has 0 radical (unpaired) electrons. The lowest BCUT2D eigenvalue weighted by Gasteiger charge is -2.18. The Hall–Kier alpha value is -2.83. The molecule has 7 heteroatoms. The number of hydrogen-bond acceptors (Lipinski definition) is 2. The van der Waals surface area contributed by atoms with Crippen molar-refractivity contribution in [3.8, 4) is 0 Å². The Labute approximate surface area is 142 Å². The van der Waals surface area contributed by atoms with Crippen LogP contribution in [0.2, 0.25) is 0 Å². The molecule has 130 valence electrons. The average Bonchev–Trinajstić information content (AvgIpc) is 2.94. The second kappa shape index (κ2) is 6.58. The predicted octanol–water partition coefficient (Wildman–Crippen LogP) is 3.87. The van der Waals surface area contributed by atoms with Gasteiger partial charge < -0.3 is 9.88 Å². The van der Waals surface area contributed by atoms with Gasteiger partial charge in [0.1, 0.15) is 11.3 Å². The molecule has 0 bridgehead atoms. The highest BCUT2D eigenvalue weighted by atomic mass is 19.4. The van der Waals surface area contributed by atoms with Crippen LogP contribution in [0.25, 0.3) is 11.0 Å². The van der Waals surface area contributed by atoms with Crippen molar-refractivity contribution in [1.29, 1.82) is 0 Å². The molecule has 3 rings (SSSR count). The van der Waals surface area contributed by atoms with Crippen LogP contribution in [-0.4, -0.2) is 21.5 Å². The first kappa shape index (κ1) is 17.0. The molecule has 4 nitrogen and oxygen atoms in total. The van der Waals surface area contributed by atoms with Crippen molar-refractivity contribution in [1.82, 2.24) is 14.9 Å². The molecule has 0 saturated heterocycles. The zero-order valence-corrected chi connectivity index (χ0v) is 13.4. The van der Waals surface area contributed by atoms with Crippen LogP contribution in [0, 0.1) is 0 Å². The second-order valence-corrected chi connectivity index (χ2v) is 5.79. The van der Waals surface area contributed by atoms with Gasteiger partial charge in [-0.3, -0.25) is 4.79 Å². The van der Waals surface area contributed by atoms with Crippen LogP contribution in [0.3, 0.4) is 0 Å². The molecule has 0 aliphatic carbocycles. The smallest absolute Gasteiger partial charge is 0.348 e. The zero-order chi connectivity index (χ0) is 18.0. The van der Waals surface area contributed by atoms with E-state index in [2.05, 4.69) is 10.3 Å². The summed E-state index contributed by atoms with van der Waals surface area (Å²) in [7, 11) is 0. The van der Waals surface area contributed by atoms with Crippen LogP contribution >= 0.6 is 0 Å². The van der Waals surface area contributed by atoms with Crippen LogP contribution < -0.4 is 5.32 Å². The van der Waals surface area contributed by atoms with E-state index in [1.54, 1.807) is 49.4 Å². The van der Waals surface area contributed by atoms with Gasteiger partial charge in [-0.1, -0.05) is 18.2 Å². The summed E-state index contributed by atoms with van der Waals surface area (Å²) in [4.78, 5) is 16.2. The van der Waals surface area contributed by atoms with Crippen LogP contribution in [-0.2, 0) is 12.7 Å². The summed E-state index contributed by atoms with van der Waals surface area (Å²) in [5.41, 5.74) is -0.0708. The number of fused-ring (bicyclic) bond motifs is 1. The maximum atomic E-state index is 13.3. The minimum atomic E-state index is -4.50. The highest BCUT2D eigenvalue weighted by Crippen LogP contribution is 2.33. The Morgan fingerprint density at radius 1 is 1.20 bits per heavy atom. The third kappa shape index (κ3) is 3.65. The molecule has 0 aliphatic rings. The first-order chi connectivity index (χ1) is 11.9. The molecule has 0 fully saturated rings. The topological polar surface area (TPSA) is 46.9 Å². The Morgan fingerprint density at radius 3 is 2.60 bits per heavy atom. The third-order valence-electron chi connectivity index (χ3n) is 3.82. The Kier molecular flexibility index (Phi) is 4.48. The lowest BCUT2D eigenvalue weighted by Crippen LogP contribution is -2.36. The number of carbonyl (C=O) groups is 1. The zero-order valence-electron chi connectivity index (χ0n) is 13.4. The fourth-order valence-electron chi connectivity index (χ4n) is 2.72. The number of carbonyl (C=O) groups excluding carboxylic acids is 1. The molecule has 1 aromatic carbocycles. The van der Waals surface area contributed by atoms with E-state index in [4.69, 9.17) is 0 Å². The van der Waals surface area contributed by atoms with Gasteiger partial charge in [0, 0.05) is 29.7 Å². The van der Waals surface area contributed by atoms with Crippen molar-refractivity contribution in [3.05, 3.63) is 66.0 Å². The van der Waals surface area contributed by atoms with E-state index in [0.29, 0.717) is 10.9 Å². The minimum absolute atomic E-state index is 0.0338. The Bertz CT molecular complexity index is 887. The molecule has 25 heavy (non-hydrogen) atoms. The molecule has 1 atom stereocenters. The molecule has 0 spiro atoms. The van der Waals surface area contributed by atoms with E-state index in [0.717, 1.165) is 10.6 Å². The molecule has 0 unspecified atom stereocenters. The van der Waals surface area contributed by atoms with Gasteiger partial charge in [-0.05, 0) is 37.3 Å². The van der Waals surface area contributed by atoms with Crippen LogP contribution in [0.4, 0.5) is 13.2 Å². The van der Waals surface area contributed by atoms with Crippen LogP contribution in [0.15, 0.2) is 54.7 Å². The molecular weight excluding hydrogens is 331 g/mol. The van der Waals surface area contributed by atoms with Crippen molar-refractivity contribution in [2.24, 2.45) is 0 Å². The number of nitrogens with one attached hydrogen (secondary N) is 1. The molecular formula is C18H16F3N3O. The van der Waals surface area contributed by atoms with E-state index in [-0.39, 0.29) is 18.1 Å². The molecule has 0 aliphatic heterocycles. The first-order valence-electron chi connectivity index (χ1n) is 7.73. The largest absolute Gasteiger partial charge is 0.431 e. The highest BCUT2D eigenvalue weighted by molar-refractivity contribution is 5.94. The van der Waals surface area contributed by atoms with Gasteiger partial charge >= 0.3 is 6.18 Å². The molecule has 3 aromatic rings. The summed E-state index contributed by atoms with van der Waals surface area (Å²) in [6, 6.07) is 12.3. The van der Waals surface area contributed by atoms with E-state index in [1.807, 2.05) is 0 Å². The predicted molar refractivity (Wildman–Crippen MR) is 88.1 cm³/mol. The van der Waals surface area contributed by atoms with Crippen molar-refractivity contribution >= 4 is 16.9 Å². The van der Waals surface area contributed by atoms with E-state index in [9.17, 15) is 18.0 Å². The van der Waals surface area contributed by atoms with E-state index in [1.165, 1.54) is 6.20 Å². The summed E-state index contributed by atoms with van der Waals surface area (Å²) < 4.78 is 41.1. The number of rotatable bonds is 4. The highest BCUT2D eigenvalue weighted by Gasteiger charge is 2.36. The monoisotopic (exact) mass is 347 g/mol. The first-order valence-corrected chi connectivity index (χ1v) is 7.73. The summed E-state index contributed by atoms with van der Waals surface area (Å²) in [6.07, 6.45) is -3.05. The number of hydrogen-bond donors (Lipinski definition) is 1. The number of alkyl halides is 3. The van der Waals surface area contributed by atoms with Gasteiger partial charge in [-0.2, -0.15) is 13.2 Å². The van der Waals surface area contributed by atoms with Crippen LogP contribution in [0.5, 0.6) is 0 Å². The molecule has 0 saturated carbocycles. The van der Waals surface area contributed by atoms with Gasteiger partial charge in [0.05, 0.1) is 0 Å². The van der Waals surface area contributed by atoms with Crippen molar-refractivity contribution in [2.75, 3.05) is 0 Å². The second-order valence-electron chi connectivity index (χ2n) is 5.79. The number of benzene rings is 1. The molecule has 2 aromatic heterocycles. The minimum Gasteiger partial charge on any atom is -0.348 e. The lowest BCUT2D eigenvalue weighted by molar-refractivity contribution is -0.143. The Balaban J connectivity index is 1.86. The summed E-state index contributed by atoms with van der Waals surface area (Å²) in [5, 5.41) is 3.14. The average molecular weight is 347 g/mol. The van der Waals surface area contributed by atoms with Gasteiger partial charge in [0.15, 0.2) is 0 Å². The van der Waals surface area contributed by atoms with Crippen molar-refractivity contribution in [3.63, 3.8) is 0 Å². The SMILES string of the molecule is C[C@H](Cn1c(C(F)(F)F)cc2cccnc21)NC(=O)c1ccccc1. The number of nitrogens with zero attached hydrogens (tertiary/aromatic N) is 2. The fraction of sp³-hybridized carbons (Fsp3) is 0.222. The molecule has 1 amide bonds. The van der Waals surface area contributed by atoms with Gasteiger partial charge in [0.2, 0.25) is 0 Å². The summed E-state index contributed by atoms with van der Waals surface area (Å²) in [5.74, 6) is -0.328. The summed E-state index contributed by atoms with van der Waals surface area (Å²) >= 11 is 0. The number of pyridine rings is 1.